The van der Waals surface area contributed by atoms with Crippen molar-refractivity contribution in [3.05, 3.63) is 86.8 Å². The maximum absolute atomic E-state index is 13.2. The number of likely N-dealkylation sites (tertiary alicyclic amines) is 1. The van der Waals surface area contributed by atoms with E-state index in [9.17, 15) is 4.79 Å². The zero-order valence-electron chi connectivity index (χ0n) is 23.1. The van der Waals surface area contributed by atoms with Crippen molar-refractivity contribution in [1.29, 1.82) is 0 Å². The molecule has 2 aromatic heterocycles. The first kappa shape index (κ1) is 26.4. The predicted octanol–water partition coefficient (Wildman–Crippen LogP) is 7.60. The van der Waals surface area contributed by atoms with Gasteiger partial charge < -0.3 is 9.47 Å². The SMILES string of the molecule is Cc1nc2ccccc2n1[C@H]1C[C@H]2CC[C@@H](C1)N2CCC1(c2ccccc2)CCN(C(=O)c2ccc(Br)s2)CC1. The maximum atomic E-state index is 13.2. The number of fused-ring (bicyclic) bond motifs is 3. The summed E-state index contributed by atoms with van der Waals surface area (Å²) in [4.78, 5) is 23.8. The lowest BCUT2D eigenvalue weighted by Gasteiger charge is -2.45. The first-order valence-corrected chi connectivity index (χ1v) is 16.4. The first-order chi connectivity index (χ1) is 19.5. The minimum absolute atomic E-state index is 0.126. The van der Waals surface area contributed by atoms with Crippen molar-refractivity contribution >= 4 is 44.2 Å². The van der Waals surface area contributed by atoms with E-state index in [1.165, 1.54) is 48.1 Å². The van der Waals surface area contributed by atoms with Gasteiger partial charge in [0.15, 0.2) is 0 Å². The highest BCUT2D eigenvalue weighted by Crippen LogP contribution is 2.45. The van der Waals surface area contributed by atoms with Gasteiger partial charge in [0.2, 0.25) is 0 Å². The third kappa shape index (κ3) is 4.74. The van der Waals surface area contributed by atoms with Crippen LogP contribution in [0.15, 0.2) is 70.5 Å². The summed E-state index contributed by atoms with van der Waals surface area (Å²) >= 11 is 5.05. The minimum atomic E-state index is 0.126. The summed E-state index contributed by atoms with van der Waals surface area (Å²) in [6, 6.07) is 25.5. The molecule has 0 radical (unpaired) electrons. The Bertz CT molecular complexity index is 1490. The van der Waals surface area contributed by atoms with Crippen LogP contribution in [-0.4, -0.2) is 57.0 Å². The van der Waals surface area contributed by atoms with Crippen LogP contribution >= 0.6 is 27.3 Å². The fourth-order valence-corrected chi connectivity index (χ4v) is 9.34. The normalized spacial score (nSPS) is 24.6. The van der Waals surface area contributed by atoms with E-state index < -0.39 is 0 Å². The van der Waals surface area contributed by atoms with E-state index in [0.717, 1.165) is 58.9 Å². The van der Waals surface area contributed by atoms with Crippen molar-refractivity contribution in [2.45, 2.75) is 75.4 Å². The standard InChI is InChI=1S/C33H37BrN4OS/c1-23-35-28-9-5-6-10-29(28)38(23)27-21-25-11-12-26(22-27)37(25)20-17-33(24-7-3-2-4-8-24)15-18-36(19-16-33)32(39)30-13-14-31(34)40-30/h2-10,13-14,25-27H,11-12,15-22H2,1H3/t25-,26+,27+. The number of amides is 1. The molecule has 0 aliphatic carbocycles. The Kier molecular flexibility index (Phi) is 7.09. The molecule has 1 amide bonds. The molecule has 3 atom stereocenters. The van der Waals surface area contributed by atoms with E-state index in [1.807, 2.05) is 12.1 Å². The molecule has 7 heteroatoms. The average Bonchev–Trinajstić information content (AvgIpc) is 3.64. The Morgan fingerprint density at radius 1 is 0.950 bits per heavy atom. The van der Waals surface area contributed by atoms with Gasteiger partial charge in [-0.3, -0.25) is 9.69 Å². The molecule has 0 spiro atoms. The average molecular weight is 618 g/mol. The second kappa shape index (κ2) is 10.7. The molecule has 0 unspecified atom stereocenters. The van der Waals surface area contributed by atoms with Crippen LogP contribution in [0.4, 0.5) is 0 Å². The van der Waals surface area contributed by atoms with E-state index >= 15 is 0 Å². The highest BCUT2D eigenvalue weighted by atomic mass is 79.9. The molecular weight excluding hydrogens is 580 g/mol. The van der Waals surface area contributed by atoms with Crippen LogP contribution in [-0.2, 0) is 5.41 Å². The van der Waals surface area contributed by atoms with Crippen molar-refractivity contribution in [2.75, 3.05) is 19.6 Å². The number of hydrogen-bond donors (Lipinski definition) is 0. The van der Waals surface area contributed by atoms with Crippen LogP contribution in [0.5, 0.6) is 0 Å². The largest absolute Gasteiger partial charge is 0.338 e. The molecule has 3 aliphatic rings. The number of hydrogen-bond acceptors (Lipinski definition) is 4. The number of nitrogens with zero attached hydrogens (tertiary/aromatic N) is 4. The van der Waals surface area contributed by atoms with E-state index in [4.69, 9.17) is 4.98 Å². The van der Waals surface area contributed by atoms with Crippen LogP contribution in [0.2, 0.25) is 0 Å². The highest BCUT2D eigenvalue weighted by molar-refractivity contribution is 9.11. The van der Waals surface area contributed by atoms with Gasteiger partial charge in [0, 0.05) is 31.2 Å². The molecular formula is C33H37BrN4OS. The van der Waals surface area contributed by atoms with Crippen molar-refractivity contribution in [3.8, 4) is 0 Å². The lowest BCUT2D eigenvalue weighted by atomic mass is 9.70. The van der Waals surface area contributed by atoms with Gasteiger partial charge in [-0.1, -0.05) is 42.5 Å². The smallest absolute Gasteiger partial charge is 0.263 e. The van der Waals surface area contributed by atoms with Crippen molar-refractivity contribution in [1.82, 2.24) is 19.4 Å². The monoisotopic (exact) mass is 616 g/mol. The summed E-state index contributed by atoms with van der Waals surface area (Å²) in [6.45, 7) is 4.97. The zero-order valence-corrected chi connectivity index (χ0v) is 25.5. The van der Waals surface area contributed by atoms with Gasteiger partial charge in [-0.25, -0.2) is 4.98 Å². The minimum Gasteiger partial charge on any atom is -0.338 e. The summed E-state index contributed by atoms with van der Waals surface area (Å²) in [5.41, 5.74) is 3.98. The summed E-state index contributed by atoms with van der Waals surface area (Å²) in [5, 5.41) is 0. The fourth-order valence-electron chi connectivity index (χ4n) is 7.99. The summed E-state index contributed by atoms with van der Waals surface area (Å²) in [5.74, 6) is 1.33. The van der Waals surface area contributed by atoms with Gasteiger partial charge in [-0.05, 0) is 110 Å². The van der Waals surface area contributed by atoms with E-state index in [1.54, 1.807) is 0 Å². The van der Waals surface area contributed by atoms with Gasteiger partial charge in [-0.2, -0.15) is 0 Å². The number of benzene rings is 2. The second-order valence-electron chi connectivity index (χ2n) is 12.1. The summed E-state index contributed by atoms with van der Waals surface area (Å²) in [7, 11) is 0. The number of aryl methyl sites for hydroxylation is 1. The number of thiophene rings is 1. The number of carbonyl (C=O) groups excluding carboxylic acids is 1. The quantitative estimate of drug-likeness (QED) is 0.224. The molecule has 0 N–H and O–H groups in total. The Labute approximate surface area is 249 Å². The highest BCUT2D eigenvalue weighted by Gasteiger charge is 2.44. The number of para-hydroxylation sites is 2. The van der Waals surface area contributed by atoms with Crippen molar-refractivity contribution in [3.63, 3.8) is 0 Å². The predicted molar refractivity (Wildman–Crippen MR) is 166 cm³/mol. The van der Waals surface area contributed by atoms with Crippen LogP contribution < -0.4 is 0 Å². The number of piperidine rings is 2. The molecule has 3 saturated heterocycles. The van der Waals surface area contributed by atoms with E-state index in [-0.39, 0.29) is 11.3 Å². The molecule has 0 saturated carbocycles. The lowest BCUT2D eigenvalue weighted by Crippen LogP contribution is -2.49. The van der Waals surface area contributed by atoms with Crippen molar-refractivity contribution < 1.29 is 4.79 Å². The van der Waals surface area contributed by atoms with Gasteiger partial charge in [-0.15, -0.1) is 11.3 Å². The van der Waals surface area contributed by atoms with Gasteiger partial charge in [0.1, 0.15) is 5.82 Å². The van der Waals surface area contributed by atoms with Crippen LogP contribution in [0, 0.1) is 6.92 Å². The Morgan fingerprint density at radius 2 is 1.65 bits per heavy atom. The van der Waals surface area contributed by atoms with Gasteiger partial charge in [0.25, 0.3) is 5.91 Å². The molecule has 3 fully saturated rings. The molecule has 7 rings (SSSR count). The van der Waals surface area contributed by atoms with Gasteiger partial charge >= 0.3 is 0 Å². The Balaban J connectivity index is 1.06. The molecule has 3 aliphatic heterocycles. The number of imidazole rings is 1. The van der Waals surface area contributed by atoms with Crippen molar-refractivity contribution in [2.24, 2.45) is 0 Å². The fraction of sp³-hybridized carbons (Fsp3) is 0.455. The topological polar surface area (TPSA) is 41.4 Å². The van der Waals surface area contributed by atoms with E-state index in [2.05, 4.69) is 91.8 Å². The number of halogens is 1. The third-order valence-corrected chi connectivity index (χ3v) is 11.6. The number of rotatable bonds is 6. The first-order valence-electron chi connectivity index (χ1n) is 14.8. The van der Waals surface area contributed by atoms with Gasteiger partial charge in [0.05, 0.1) is 19.7 Å². The second-order valence-corrected chi connectivity index (χ2v) is 14.5. The molecule has 2 aromatic carbocycles. The van der Waals surface area contributed by atoms with Crippen LogP contribution in [0.1, 0.15) is 72.0 Å². The molecule has 5 nitrogen and oxygen atoms in total. The summed E-state index contributed by atoms with van der Waals surface area (Å²) in [6.07, 6.45) is 8.27. The molecule has 4 aromatic rings. The van der Waals surface area contributed by atoms with E-state index in [0.29, 0.717) is 18.1 Å². The third-order valence-electron chi connectivity index (χ3n) is 10.0. The van der Waals surface area contributed by atoms with Crippen LogP contribution in [0.25, 0.3) is 11.0 Å². The molecule has 5 heterocycles. The number of carbonyl (C=O) groups is 1. The Morgan fingerprint density at radius 3 is 2.35 bits per heavy atom. The maximum Gasteiger partial charge on any atom is 0.263 e. The molecule has 2 bridgehead atoms. The lowest BCUT2D eigenvalue weighted by molar-refractivity contribution is 0.0611. The zero-order chi connectivity index (χ0) is 27.3. The van der Waals surface area contributed by atoms with Crippen LogP contribution in [0.3, 0.4) is 0 Å². The molecule has 40 heavy (non-hydrogen) atoms. The molecule has 208 valence electrons. The summed E-state index contributed by atoms with van der Waals surface area (Å²) < 4.78 is 3.55. The number of aromatic nitrogens is 2. The Hall–Kier alpha value is -2.48.